The van der Waals surface area contributed by atoms with E-state index in [-0.39, 0.29) is 16.8 Å². The number of nitrogens with zero attached hydrogens (tertiary/aromatic N) is 3. The molecule has 1 aliphatic rings. The standard InChI is InChI=1S/C17H12F3N3O2/c1-9(24)11-3-2-4-13-14(11)17(19,20)16(25)23(13)8-10-5-6-22-12(7-21)15(10)18/h2-6,9,24H,8H2,1H3/t9-/m0/s1. The summed E-state index contributed by atoms with van der Waals surface area (Å²) in [6.07, 6.45) is -0.0283. The molecule has 0 saturated heterocycles. The molecule has 1 amide bonds. The number of carbonyl (C=O) groups excluding carboxylic acids is 1. The first kappa shape index (κ1) is 16.9. The fourth-order valence-electron chi connectivity index (χ4n) is 2.87. The lowest BCUT2D eigenvalue weighted by molar-refractivity contribution is -0.141. The average molecular weight is 347 g/mol. The minimum Gasteiger partial charge on any atom is -0.389 e. The van der Waals surface area contributed by atoms with E-state index >= 15 is 0 Å². The lowest BCUT2D eigenvalue weighted by Gasteiger charge is -2.18. The number of halogens is 3. The van der Waals surface area contributed by atoms with E-state index in [1.807, 2.05) is 0 Å². The molecule has 0 saturated carbocycles. The van der Waals surface area contributed by atoms with Crippen LogP contribution in [0.5, 0.6) is 0 Å². The van der Waals surface area contributed by atoms with Crippen molar-refractivity contribution in [1.29, 1.82) is 5.26 Å². The first-order valence-corrected chi connectivity index (χ1v) is 7.33. The van der Waals surface area contributed by atoms with Crippen LogP contribution in [-0.4, -0.2) is 16.0 Å². The number of hydrogen-bond donors (Lipinski definition) is 1. The highest BCUT2D eigenvalue weighted by Gasteiger charge is 2.54. The van der Waals surface area contributed by atoms with Crippen LogP contribution in [0, 0.1) is 17.1 Å². The van der Waals surface area contributed by atoms with Gasteiger partial charge in [0.15, 0.2) is 11.5 Å². The monoisotopic (exact) mass is 347 g/mol. The van der Waals surface area contributed by atoms with Crippen LogP contribution in [0.4, 0.5) is 18.9 Å². The Labute approximate surface area is 140 Å². The third kappa shape index (κ3) is 2.53. The van der Waals surface area contributed by atoms with Crippen molar-refractivity contribution in [2.45, 2.75) is 25.5 Å². The molecule has 1 aromatic carbocycles. The summed E-state index contributed by atoms with van der Waals surface area (Å²) in [5, 5.41) is 18.5. The molecule has 8 heteroatoms. The summed E-state index contributed by atoms with van der Waals surface area (Å²) in [5.74, 6) is -6.30. The Hall–Kier alpha value is -2.92. The van der Waals surface area contributed by atoms with Gasteiger partial charge in [-0.25, -0.2) is 9.37 Å². The maximum absolute atomic E-state index is 14.5. The molecule has 0 unspecified atom stereocenters. The normalized spacial score (nSPS) is 16.5. The molecule has 1 aliphatic heterocycles. The van der Waals surface area contributed by atoms with Crippen molar-refractivity contribution in [3.8, 4) is 6.07 Å². The van der Waals surface area contributed by atoms with Crippen LogP contribution in [0.3, 0.4) is 0 Å². The van der Waals surface area contributed by atoms with E-state index in [4.69, 9.17) is 5.26 Å². The molecule has 1 N–H and O–H groups in total. The molecule has 0 bridgehead atoms. The summed E-state index contributed by atoms with van der Waals surface area (Å²) < 4.78 is 43.2. The second kappa shape index (κ2) is 5.86. The zero-order chi connectivity index (χ0) is 18.4. The molecule has 2 heterocycles. The van der Waals surface area contributed by atoms with Gasteiger partial charge >= 0.3 is 11.8 Å². The number of rotatable bonds is 3. The average Bonchev–Trinajstić information content (AvgIpc) is 2.77. The number of fused-ring (bicyclic) bond motifs is 1. The van der Waals surface area contributed by atoms with Crippen LogP contribution in [0.25, 0.3) is 0 Å². The van der Waals surface area contributed by atoms with Gasteiger partial charge in [-0.3, -0.25) is 4.79 Å². The maximum atomic E-state index is 14.5. The Morgan fingerprint density at radius 3 is 2.76 bits per heavy atom. The van der Waals surface area contributed by atoms with Crippen molar-refractivity contribution in [1.82, 2.24) is 4.98 Å². The summed E-state index contributed by atoms with van der Waals surface area (Å²) >= 11 is 0. The number of aromatic nitrogens is 1. The molecular formula is C17H12F3N3O2. The van der Waals surface area contributed by atoms with Gasteiger partial charge in [0.05, 0.1) is 23.9 Å². The zero-order valence-electron chi connectivity index (χ0n) is 13.0. The van der Waals surface area contributed by atoms with Gasteiger partial charge in [-0.1, -0.05) is 12.1 Å². The van der Waals surface area contributed by atoms with Crippen molar-refractivity contribution in [2.75, 3.05) is 4.90 Å². The van der Waals surface area contributed by atoms with E-state index in [2.05, 4.69) is 4.98 Å². The SMILES string of the molecule is C[C@H](O)c1cccc2c1C(F)(F)C(=O)N2Cc1ccnc(C#N)c1F. The molecule has 0 spiro atoms. The van der Waals surface area contributed by atoms with Crippen molar-refractivity contribution < 1.29 is 23.1 Å². The van der Waals surface area contributed by atoms with Crippen molar-refractivity contribution in [3.63, 3.8) is 0 Å². The highest BCUT2D eigenvalue weighted by molar-refractivity contribution is 6.06. The minimum atomic E-state index is -3.83. The van der Waals surface area contributed by atoms with Crippen LogP contribution in [0.1, 0.15) is 35.4 Å². The van der Waals surface area contributed by atoms with Crippen LogP contribution in [0.2, 0.25) is 0 Å². The zero-order valence-corrected chi connectivity index (χ0v) is 13.0. The Morgan fingerprint density at radius 1 is 1.40 bits per heavy atom. The van der Waals surface area contributed by atoms with Crippen LogP contribution < -0.4 is 4.90 Å². The van der Waals surface area contributed by atoms with E-state index in [0.717, 1.165) is 4.90 Å². The number of amides is 1. The molecule has 2 aromatic rings. The van der Waals surface area contributed by atoms with E-state index in [1.54, 1.807) is 6.07 Å². The molecule has 3 rings (SSSR count). The third-order valence-corrected chi connectivity index (χ3v) is 4.05. The number of aliphatic hydroxyl groups is 1. The highest BCUT2D eigenvalue weighted by Crippen LogP contribution is 2.47. The van der Waals surface area contributed by atoms with Crippen LogP contribution >= 0.6 is 0 Å². The van der Waals surface area contributed by atoms with E-state index < -0.39 is 41.6 Å². The second-order valence-corrected chi connectivity index (χ2v) is 5.63. The molecule has 128 valence electrons. The van der Waals surface area contributed by atoms with Gasteiger partial charge in [0.25, 0.3) is 0 Å². The molecular weight excluding hydrogens is 335 g/mol. The molecule has 1 aromatic heterocycles. The molecule has 1 atom stereocenters. The number of carbonyl (C=O) groups is 1. The van der Waals surface area contributed by atoms with Crippen molar-refractivity contribution >= 4 is 11.6 Å². The first-order chi connectivity index (χ1) is 11.8. The molecule has 0 radical (unpaired) electrons. The number of alkyl halides is 2. The van der Waals surface area contributed by atoms with Crippen molar-refractivity contribution in [2.24, 2.45) is 0 Å². The van der Waals surface area contributed by atoms with Gasteiger partial charge in [-0.15, -0.1) is 0 Å². The van der Waals surface area contributed by atoms with Crippen molar-refractivity contribution in [3.05, 3.63) is 58.7 Å². The number of anilines is 1. The summed E-state index contributed by atoms with van der Waals surface area (Å²) in [4.78, 5) is 16.5. The number of aliphatic hydroxyl groups excluding tert-OH is 1. The summed E-state index contributed by atoms with van der Waals surface area (Å²) in [7, 11) is 0. The van der Waals surface area contributed by atoms with E-state index in [9.17, 15) is 23.1 Å². The minimum absolute atomic E-state index is 0.0636. The molecule has 0 aliphatic carbocycles. The maximum Gasteiger partial charge on any atom is 0.352 e. The summed E-state index contributed by atoms with van der Waals surface area (Å²) in [6, 6.07) is 6.84. The number of benzene rings is 1. The molecule has 0 fully saturated rings. The van der Waals surface area contributed by atoms with E-state index in [1.165, 1.54) is 37.4 Å². The summed E-state index contributed by atoms with van der Waals surface area (Å²) in [6.45, 7) is 0.842. The van der Waals surface area contributed by atoms with Gasteiger partial charge in [0.2, 0.25) is 0 Å². The fourth-order valence-corrected chi connectivity index (χ4v) is 2.87. The quantitative estimate of drug-likeness (QED) is 0.926. The fraction of sp³-hybridized carbons (Fsp3) is 0.235. The van der Waals surface area contributed by atoms with Gasteiger partial charge in [0, 0.05) is 11.8 Å². The van der Waals surface area contributed by atoms with Gasteiger partial charge < -0.3 is 10.0 Å². The van der Waals surface area contributed by atoms with Crippen LogP contribution in [-0.2, 0) is 17.3 Å². The van der Waals surface area contributed by atoms with Gasteiger partial charge in [-0.05, 0) is 24.6 Å². The molecule has 5 nitrogen and oxygen atoms in total. The number of nitriles is 1. The predicted octanol–water partition coefficient (Wildman–Crippen LogP) is 2.78. The summed E-state index contributed by atoms with van der Waals surface area (Å²) in [5.41, 5.74) is -1.32. The van der Waals surface area contributed by atoms with Crippen LogP contribution in [0.15, 0.2) is 30.5 Å². The Bertz CT molecular complexity index is 906. The predicted molar refractivity (Wildman–Crippen MR) is 81.1 cm³/mol. The Morgan fingerprint density at radius 2 is 2.12 bits per heavy atom. The lowest BCUT2D eigenvalue weighted by Crippen LogP contribution is -2.34. The first-order valence-electron chi connectivity index (χ1n) is 7.33. The van der Waals surface area contributed by atoms with E-state index in [0.29, 0.717) is 0 Å². The lowest BCUT2D eigenvalue weighted by atomic mass is 9.98. The largest absolute Gasteiger partial charge is 0.389 e. The highest BCUT2D eigenvalue weighted by atomic mass is 19.3. The second-order valence-electron chi connectivity index (χ2n) is 5.63. The Balaban J connectivity index is 2.11. The molecule has 25 heavy (non-hydrogen) atoms. The number of hydrogen-bond acceptors (Lipinski definition) is 4. The number of pyridine rings is 1. The van der Waals surface area contributed by atoms with Gasteiger partial charge in [0.1, 0.15) is 6.07 Å². The topological polar surface area (TPSA) is 77.2 Å². The van der Waals surface area contributed by atoms with Gasteiger partial charge in [-0.2, -0.15) is 14.0 Å². The Kier molecular flexibility index (Phi) is 3.97. The third-order valence-electron chi connectivity index (χ3n) is 4.05. The smallest absolute Gasteiger partial charge is 0.352 e.